The summed E-state index contributed by atoms with van der Waals surface area (Å²) in [4.78, 5) is 10.8. The quantitative estimate of drug-likeness (QED) is 0.730. The van der Waals surface area contributed by atoms with Crippen molar-refractivity contribution in [2.45, 2.75) is 20.3 Å². The van der Waals surface area contributed by atoms with Gasteiger partial charge in [0.15, 0.2) is 0 Å². The van der Waals surface area contributed by atoms with Gasteiger partial charge in [0.25, 0.3) is 0 Å². The molecule has 0 unspecified atom stereocenters. The standard InChI is InChI=1S/C17H18O3/c1-3-10-19-15-6-8-16(9-7-15)20-17-11-14(12-18)5-4-13(17)2/h4-9,11-12H,3,10H2,1-2H3. The molecule has 0 heterocycles. The minimum Gasteiger partial charge on any atom is -0.494 e. The van der Waals surface area contributed by atoms with Gasteiger partial charge in [0.2, 0.25) is 0 Å². The van der Waals surface area contributed by atoms with Crippen LogP contribution in [0.5, 0.6) is 17.2 Å². The van der Waals surface area contributed by atoms with Crippen LogP contribution in [0, 0.1) is 6.92 Å². The third kappa shape index (κ3) is 3.60. The minimum atomic E-state index is 0.605. The Labute approximate surface area is 119 Å². The van der Waals surface area contributed by atoms with Crippen LogP contribution in [-0.4, -0.2) is 12.9 Å². The maximum Gasteiger partial charge on any atom is 0.150 e. The molecule has 0 N–H and O–H groups in total. The summed E-state index contributed by atoms with van der Waals surface area (Å²) in [7, 11) is 0. The van der Waals surface area contributed by atoms with Gasteiger partial charge in [-0.1, -0.05) is 19.1 Å². The summed E-state index contributed by atoms with van der Waals surface area (Å²) in [5.74, 6) is 2.24. The number of ether oxygens (including phenoxy) is 2. The van der Waals surface area contributed by atoms with E-state index in [-0.39, 0.29) is 0 Å². The Morgan fingerprint density at radius 2 is 1.75 bits per heavy atom. The Morgan fingerprint density at radius 3 is 2.40 bits per heavy atom. The van der Waals surface area contributed by atoms with Crippen molar-refractivity contribution >= 4 is 6.29 Å². The van der Waals surface area contributed by atoms with Crippen LogP contribution in [0.15, 0.2) is 42.5 Å². The van der Waals surface area contributed by atoms with Crippen LogP contribution in [0.25, 0.3) is 0 Å². The van der Waals surface area contributed by atoms with Crippen molar-refractivity contribution in [1.82, 2.24) is 0 Å². The zero-order valence-corrected chi connectivity index (χ0v) is 11.8. The monoisotopic (exact) mass is 270 g/mol. The molecule has 0 saturated heterocycles. The van der Waals surface area contributed by atoms with Crippen LogP contribution in [0.3, 0.4) is 0 Å². The maximum absolute atomic E-state index is 10.8. The molecular weight excluding hydrogens is 252 g/mol. The molecule has 0 aromatic heterocycles. The summed E-state index contributed by atoms with van der Waals surface area (Å²) in [6.07, 6.45) is 1.80. The van der Waals surface area contributed by atoms with Gasteiger partial charge in [-0.2, -0.15) is 0 Å². The average Bonchev–Trinajstić information content (AvgIpc) is 2.49. The fraction of sp³-hybridized carbons (Fsp3) is 0.235. The van der Waals surface area contributed by atoms with Crippen molar-refractivity contribution in [2.24, 2.45) is 0 Å². The molecule has 0 bridgehead atoms. The summed E-state index contributed by atoms with van der Waals surface area (Å²) in [6.45, 7) is 4.73. The number of benzene rings is 2. The fourth-order valence-corrected chi connectivity index (χ4v) is 1.75. The van der Waals surface area contributed by atoms with E-state index in [0.29, 0.717) is 17.9 Å². The van der Waals surface area contributed by atoms with E-state index in [1.165, 1.54) is 0 Å². The van der Waals surface area contributed by atoms with Crippen molar-refractivity contribution in [3.05, 3.63) is 53.6 Å². The molecule has 2 aromatic rings. The summed E-state index contributed by atoms with van der Waals surface area (Å²) < 4.78 is 11.3. The van der Waals surface area contributed by atoms with Crippen LogP contribution in [0.1, 0.15) is 29.3 Å². The van der Waals surface area contributed by atoms with Crippen molar-refractivity contribution < 1.29 is 14.3 Å². The first-order chi connectivity index (χ1) is 9.72. The van der Waals surface area contributed by atoms with Gasteiger partial charge in [-0.3, -0.25) is 4.79 Å². The lowest BCUT2D eigenvalue weighted by atomic mass is 10.1. The van der Waals surface area contributed by atoms with Crippen molar-refractivity contribution in [3.8, 4) is 17.2 Å². The molecule has 0 spiro atoms. The van der Waals surface area contributed by atoms with E-state index in [9.17, 15) is 4.79 Å². The molecule has 0 aliphatic heterocycles. The molecule has 0 radical (unpaired) electrons. The molecule has 3 heteroatoms. The number of rotatable bonds is 6. The smallest absolute Gasteiger partial charge is 0.150 e. The molecular formula is C17H18O3. The highest BCUT2D eigenvalue weighted by atomic mass is 16.5. The van der Waals surface area contributed by atoms with Crippen molar-refractivity contribution in [1.29, 1.82) is 0 Å². The largest absolute Gasteiger partial charge is 0.494 e. The molecule has 20 heavy (non-hydrogen) atoms. The Morgan fingerprint density at radius 1 is 1.05 bits per heavy atom. The number of hydrogen-bond donors (Lipinski definition) is 0. The van der Waals surface area contributed by atoms with E-state index in [4.69, 9.17) is 9.47 Å². The normalized spacial score (nSPS) is 10.1. The van der Waals surface area contributed by atoms with Gasteiger partial charge in [0, 0.05) is 5.56 Å². The van der Waals surface area contributed by atoms with Gasteiger partial charge in [-0.15, -0.1) is 0 Å². The van der Waals surface area contributed by atoms with Gasteiger partial charge in [-0.05, 0) is 49.2 Å². The lowest BCUT2D eigenvalue weighted by Crippen LogP contribution is -1.95. The van der Waals surface area contributed by atoms with Gasteiger partial charge in [0.05, 0.1) is 6.61 Å². The predicted octanol–water partition coefficient (Wildman–Crippen LogP) is 4.39. The molecule has 0 amide bonds. The number of carbonyl (C=O) groups excluding carboxylic acids is 1. The fourth-order valence-electron chi connectivity index (χ4n) is 1.75. The highest BCUT2D eigenvalue weighted by Crippen LogP contribution is 2.27. The first kappa shape index (κ1) is 14.1. The van der Waals surface area contributed by atoms with Gasteiger partial charge in [0.1, 0.15) is 23.5 Å². The molecule has 104 valence electrons. The predicted molar refractivity (Wildman–Crippen MR) is 78.9 cm³/mol. The highest BCUT2D eigenvalue weighted by Gasteiger charge is 2.03. The van der Waals surface area contributed by atoms with E-state index < -0.39 is 0 Å². The Balaban J connectivity index is 2.11. The second-order valence-electron chi connectivity index (χ2n) is 4.56. The molecule has 0 atom stereocenters. The summed E-state index contributed by atoms with van der Waals surface area (Å²) >= 11 is 0. The first-order valence-electron chi connectivity index (χ1n) is 6.69. The molecule has 0 aliphatic rings. The first-order valence-corrected chi connectivity index (χ1v) is 6.69. The molecule has 2 aromatic carbocycles. The Hall–Kier alpha value is -2.29. The van der Waals surface area contributed by atoms with E-state index in [1.807, 2.05) is 37.3 Å². The topological polar surface area (TPSA) is 35.5 Å². The molecule has 3 nitrogen and oxygen atoms in total. The Kier molecular flexibility index (Phi) is 4.77. The van der Waals surface area contributed by atoms with E-state index >= 15 is 0 Å². The van der Waals surface area contributed by atoms with Gasteiger partial charge < -0.3 is 9.47 Å². The van der Waals surface area contributed by atoms with Crippen LogP contribution in [0.4, 0.5) is 0 Å². The number of hydrogen-bond acceptors (Lipinski definition) is 3. The SMILES string of the molecule is CCCOc1ccc(Oc2cc(C=O)ccc2C)cc1. The van der Waals surface area contributed by atoms with Gasteiger partial charge >= 0.3 is 0 Å². The summed E-state index contributed by atoms with van der Waals surface area (Å²) in [5, 5.41) is 0. The van der Waals surface area contributed by atoms with Crippen LogP contribution in [0.2, 0.25) is 0 Å². The zero-order chi connectivity index (χ0) is 14.4. The summed E-state index contributed by atoms with van der Waals surface area (Å²) in [5.41, 5.74) is 1.59. The van der Waals surface area contributed by atoms with E-state index in [1.54, 1.807) is 12.1 Å². The maximum atomic E-state index is 10.8. The molecule has 0 fully saturated rings. The third-order valence-corrected chi connectivity index (χ3v) is 2.87. The molecule has 0 saturated carbocycles. The molecule has 0 aliphatic carbocycles. The summed E-state index contributed by atoms with van der Waals surface area (Å²) in [6, 6.07) is 12.9. The van der Waals surface area contributed by atoms with Crippen LogP contribution in [-0.2, 0) is 0 Å². The second kappa shape index (κ2) is 6.75. The second-order valence-corrected chi connectivity index (χ2v) is 4.56. The molecule has 2 rings (SSSR count). The number of aldehydes is 1. The van der Waals surface area contributed by atoms with Crippen molar-refractivity contribution in [3.63, 3.8) is 0 Å². The average molecular weight is 270 g/mol. The Bertz CT molecular complexity index is 573. The van der Waals surface area contributed by atoms with E-state index in [2.05, 4.69) is 6.92 Å². The third-order valence-electron chi connectivity index (χ3n) is 2.87. The van der Waals surface area contributed by atoms with Gasteiger partial charge in [-0.25, -0.2) is 0 Å². The van der Waals surface area contributed by atoms with Crippen LogP contribution >= 0.6 is 0 Å². The van der Waals surface area contributed by atoms with E-state index in [0.717, 1.165) is 29.8 Å². The lowest BCUT2D eigenvalue weighted by molar-refractivity contribution is 0.112. The number of aryl methyl sites for hydroxylation is 1. The lowest BCUT2D eigenvalue weighted by Gasteiger charge is -2.10. The minimum absolute atomic E-state index is 0.605. The van der Waals surface area contributed by atoms with Crippen molar-refractivity contribution in [2.75, 3.05) is 6.61 Å². The van der Waals surface area contributed by atoms with Crippen LogP contribution < -0.4 is 9.47 Å². The number of carbonyl (C=O) groups is 1. The zero-order valence-electron chi connectivity index (χ0n) is 11.8. The highest BCUT2D eigenvalue weighted by molar-refractivity contribution is 5.76.